The van der Waals surface area contributed by atoms with Crippen LogP contribution in [0.25, 0.3) is 0 Å². The highest BCUT2D eigenvalue weighted by atomic mass is 16.5. The zero-order chi connectivity index (χ0) is 13.0. The molecule has 0 spiro atoms. The molecule has 3 nitrogen and oxygen atoms in total. The van der Waals surface area contributed by atoms with Crippen molar-refractivity contribution in [3.05, 3.63) is 29.8 Å². The summed E-state index contributed by atoms with van der Waals surface area (Å²) in [6.45, 7) is 0.677. The summed E-state index contributed by atoms with van der Waals surface area (Å²) >= 11 is 0. The molecule has 1 aromatic rings. The van der Waals surface area contributed by atoms with Crippen molar-refractivity contribution in [2.24, 2.45) is 17.1 Å². The monoisotopic (exact) mass is 249 g/mol. The molecule has 1 saturated carbocycles. The first-order chi connectivity index (χ1) is 8.73. The first-order valence-electron chi connectivity index (χ1n) is 6.66. The van der Waals surface area contributed by atoms with E-state index in [0.29, 0.717) is 6.54 Å². The molecule has 0 aromatic heterocycles. The van der Waals surface area contributed by atoms with Crippen LogP contribution in [0.15, 0.2) is 24.3 Å². The number of hydrogen-bond acceptors (Lipinski definition) is 3. The van der Waals surface area contributed by atoms with E-state index in [1.54, 1.807) is 7.11 Å². The van der Waals surface area contributed by atoms with E-state index < -0.39 is 0 Å². The van der Waals surface area contributed by atoms with Crippen LogP contribution in [-0.2, 0) is 6.42 Å². The van der Waals surface area contributed by atoms with Crippen molar-refractivity contribution in [1.82, 2.24) is 0 Å². The molecule has 0 radical (unpaired) electrons. The Morgan fingerprint density at radius 2 is 2.11 bits per heavy atom. The van der Waals surface area contributed by atoms with Crippen LogP contribution in [-0.4, -0.2) is 25.4 Å². The number of aliphatic hydroxyl groups is 1. The van der Waals surface area contributed by atoms with Gasteiger partial charge in [-0.3, -0.25) is 0 Å². The molecule has 1 aliphatic rings. The van der Waals surface area contributed by atoms with Gasteiger partial charge in [-0.15, -0.1) is 0 Å². The Morgan fingerprint density at radius 1 is 1.39 bits per heavy atom. The SMILES string of the molecule is COc1ccccc1CC(CN)(CO)CC1CC1. The number of ether oxygens (including phenoxy) is 1. The first-order valence-corrected chi connectivity index (χ1v) is 6.66. The summed E-state index contributed by atoms with van der Waals surface area (Å²) in [5.41, 5.74) is 6.89. The standard InChI is InChI=1S/C15H23NO2/c1-18-14-5-3-2-4-13(14)9-15(10-16,11-17)8-12-6-7-12/h2-5,12,17H,6-11,16H2,1H3. The third-order valence-electron chi connectivity index (χ3n) is 3.95. The fourth-order valence-corrected chi connectivity index (χ4v) is 2.60. The molecule has 1 atom stereocenters. The van der Waals surface area contributed by atoms with Crippen LogP contribution in [0, 0.1) is 11.3 Å². The van der Waals surface area contributed by atoms with Crippen molar-refractivity contribution in [3.63, 3.8) is 0 Å². The lowest BCUT2D eigenvalue weighted by atomic mass is 9.77. The van der Waals surface area contributed by atoms with Gasteiger partial charge in [-0.05, 0) is 30.4 Å². The fourth-order valence-electron chi connectivity index (χ4n) is 2.60. The smallest absolute Gasteiger partial charge is 0.122 e. The predicted molar refractivity (Wildman–Crippen MR) is 72.6 cm³/mol. The molecule has 3 heteroatoms. The molecule has 18 heavy (non-hydrogen) atoms. The minimum atomic E-state index is -0.185. The molecule has 3 N–H and O–H groups in total. The minimum absolute atomic E-state index is 0.151. The van der Waals surface area contributed by atoms with Gasteiger partial charge in [0, 0.05) is 12.0 Å². The van der Waals surface area contributed by atoms with Gasteiger partial charge in [0.25, 0.3) is 0 Å². The van der Waals surface area contributed by atoms with E-state index in [4.69, 9.17) is 10.5 Å². The lowest BCUT2D eigenvalue weighted by Crippen LogP contribution is -2.37. The Balaban J connectivity index is 2.16. The van der Waals surface area contributed by atoms with Crippen LogP contribution in [0.1, 0.15) is 24.8 Å². The second-order valence-corrected chi connectivity index (χ2v) is 5.50. The third-order valence-corrected chi connectivity index (χ3v) is 3.95. The number of hydrogen-bond donors (Lipinski definition) is 2. The van der Waals surface area contributed by atoms with Crippen molar-refractivity contribution in [2.45, 2.75) is 25.7 Å². The third kappa shape index (κ3) is 3.03. The van der Waals surface area contributed by atoms with Gasteiger partial charge >= 0.3 is 0 Å². The molecule has 0 saturated heterocycles. The zero-order valence-corrected chi connectivity index (χ0v) is 11.1. The summed E-state index contributed by atoms with van der Waals surface area (Å²) < 4.78 is 5.38. The van der Waals surface area contributed by atoms with Crippen molar-refractivity contribution >= 4 is 0 Å². The maximum absolute atomic E-state index is 9.76. The molecule has 0 heterocycles. The molecule has 1 aliphatic carbocycles. The Labute approximate surface area is 109 Å². The Bertz CT molecular complexity index is 384. The Morgan fingerprint density at radius 3 is 2.67 bits per heavy atom. The number of aliphatic hydroxyl groups excluding tert-OH is 1. The van der Waals surface area contributed by atoms with Crippen molar-refractivity contribution in [3.8, 4) is 5.75 Å². The average Bonchev–Trinajstić information content (AvgIpc) is 3.22. The van der Waals surface area contributed by atoms with Gasteiger partial charge in [-0.1, -0.05) is 31.0 Å². The normalized spacial score (nSPS) is 18.4. The average molecular weight is 249 g/mol. The first kappa shape index (κ1) is 13.4. The highest BCUT2D eigenvalue weighted by molar-refractivity contribution is 5.34. The van der Waals surface area contributed by atoms with Crippen LogP contribution in [0.2, 0.25) is 0 Å². The van der Waals surface area contributed by atoms with E-state index in [9.17, 15) is 5.11 Å². The number of methoxy groups -OCH3 is 1. The lowest BCUT2D eigenvalue weighted by Gasteiger charge is -2.31. The van der Waals surface area contributed by atoms with Gasteiger partial charge in [-0.25, -0.2) is 0 Å². The van der Waals surface area contributed by atoms with E-state index >= 15 is 0 Å². The summed E-state index contributed by atoms with van der Waals surface area (Å²) in [5, 5.41) is 9.76. The second kappa shape index (κ2) is 5.72. The molecule has 2 rings (SSSR count). The zero-order valence-electron chi connectivity index (χ0n) is 11.1. The quantitative estimate of drug-likeness (QED) is 0.777. The topological polar surface area (TPSA) is 55.5 Å². The van der Waals surface area contributed by atoms with Crippen molar-refractivity contribution < 1.29 is 9.84 Å². The van der Waals surface area contributed by atoms with E-state index in [0.717, 1.165) is 30.1 Å². The Hall–Kier alpha value is -1.06. The van der Waals surface area contributed by atoms with Crippen LogP contribution in [0.5, 0.6) is 5.75 Å². The van der Waals surface area contributed by atoms with Gasteiger partial charge in [0.1, 0.15) is 5.75 Å². The van der Waals surface area contributed by atoms with E-state index in [1.807, 2.05) is 18.2 Å². The van der Waals surface area contributed by atoms with E-state index in [1.165, 1.54) is 12.8 Å². The summed E-state index contributed by atoms with van der Waals surface area (Å²) in [5.74, 6) is 1.65. The van der Waals surface area contributed by atoms with Gasteiger partial charge in [0.05, 0.1) is 13.7 Å². The molecule has 0 amide bonds. The Kier molecular flexibility index (Phi) is 4.25. The molecule has 1 aromatic carbocycles. The van der Waals surface area contributed by atoms with Crippen LogP contribution < -0.4 is 10.5 Å². The number of nitrogens with two attached hydrogens (primary N) is 1. The van der Waals surface area contributed by atoms with Crippen LogP contribution in [0.4, 0.5) is 0 Å². The summed E-state index contributed by atoms with van der Waals surface area (Å²) in [7, 11) is 1.68. The molecule has 0 aliphatic heterocycles. The highest BCUT2D eigenvalue weighted by Crippen LogP contribution is 2.42. The number of rotatable bonds is 7. The molecular weight excluding hydrogens is 226 g/mol. The van der Waals surface area contributed by atoms with Crippen LogP contribution >= 0.6 is 0 Å². The summed E-state index contributed by atoms with van der Waals surface area (Å²) in [4.78, 5) is 0. The lowest BCUT2D eigenvalue weighted by molar-refractivity contribution is 0.115. The fraction of sp³-hybridized carbons (Fsp3) is 0.600. The van der Waals surface area contributed by atoms with Crippen molar-refractivity contribution in [2.75, 3.05) is 20.3 Å². The molecule has 1 fully saturated rings. The van der Waals surface area contributed by atoms with Crippen LogP contribution in [0.3, 0.4) is 0 Å². The largest absolute Gasteiger partial charge is 0.496 e. The van der Waals surface area contributed by atoms with Gasteiger partial charge in [-0.2, -0.15) is 0 Å². The van der Waals surface area contributed by atoms with E-state index in [2.05, 4.69) is 6.07 Å². The van der Waals surface area contributed by atoms with Gasteiger partial charge in [0.15, 0.2) is 0 Å². The van der Waals surface area contributed by atoms with Gasteiger partial charge < -0.3 is 15.6 Å². The van der Waals surface area contributed by atoms with Gasteiger partial charge in [0.2, 0.25) is 0 Å². The number of benzene rings is 1. The van der Waals surface area contributed by atoms with Crippen molar-refractivity contribution in [1.29, 1.82) is 0 Å². The summed E-state index contributed by atoms with van der Waals surface area (Å²) in [6, 6.07) is 8.00. The second-order valence-electron chi connectivity index (χ2n) is 5.50. The molecule has 0 bridgehead atoms. The highest BCUT2D eigenvalue weighted by Gasteiger charge is 2.36. The molecule has 1 unspecified atom stereocenters. The molecular formula is C15H23NO2. The maximum Gasteiger partial charge on any atom is 0.122 e. The minimum Gasteiger partial charge on any atom is -0.496 e. The van der Waals surface area contributed by atoms with E-state index in [-0.39, 0.29) is 12.0 Å². The maximum atomic E-state index is 9.76. The predicted octanol–water partition coefficient (Wildman–Crippen LogP) is 1.98. The summed E-state index contributed by atoms with van der Waals surface area (Å²) in [6.07, 6.45) is 4.39. The number of para-hydroxylation sites is 1. The molecule has 100 valence electrons.